The molecule has 0 spiro atoms. The van der Waals surface area contributed by atoms with Gasteiger partial charge in [-0.05, 0) is 23.8 Å². The quantitative estimate of drug-likeness (QED) is 0.668. The number of benzene rings is 1. The summed E-state index contributed by atoms with van der Waals surface area (Å²) >= 11 is 7.08. The molecule has 0 aliphatic carbocycles. The number of halogens is 3. The highest BCUT2D eigenvalue weighted by molar-refractivity contribution is 9.09. The fraction of sp³-hybridized carbons (Fsp3) is 0.300. The van der Waals surface area contributed by atoms with E-state index in [0.29, 0.717) is 10.5 Å². The molecule has 16 heavy (non-hydrogen) atoms. The van der Waals surface area contributed by atoms with Crippen LogP contribution in [0.25, 0.3) is 0 Å². The Morgan fingerprint density at radius 3 is 2.69 bits per heavy atom. The Labute approximate surface area is 106 Å². The molecule has 0 saturated heterocycles. The molecule has 0 aromatic heterocycles. The van der Waals surface area contributed by atoms with E-state index in [0.717, 1.165) is 0 Å². The molecule has 0 heterocycles. The van der Waals surface area contributed by atoms with E-state index in [2.05, 4.69) is 33.3 Å². The summed E-state index contributed by atoms with van der Waals surface area (Å²) in [4.78, 5) is 11.6. The molecule has 0 aliphatic heterocycles. The van der Waals surface area contributed by atoms with Gasteiger partial charge in [-0.3, -0.25) is 4.79 Å². The lowest BCUT2D eigenvalue weighted by Gasteiger charge is -2.07. The van der Waals surface area contributed by atoms with E-state index in [9.17, 15) is 13.6 Å². The minimum Gasteiger partial charge on any atom is -0.435 e. The molecule has 1 aromatic carbocycles. The lowest BCUT2D eigenvalue weighted by atomic mass is 10.1. The van der Waals surface area contributed by atoms with Crippen molar-refractivity contribution in [1.82, 2.24) is 0 Å². The maximum atomic E-state index is 12.0. The molecule has 0 aliphatic rings. The highest BCUT2D eigenvalue weighted by Gasteiger charge is 2.08. The summed E-state index contributed by atoms with van der Waals surface area (Å²) in [6.07, 6.45) is 0.166. The predicted octanol–water partition coefficient (Wildman–Crippen LogP) is 3.08. The van der Waals surface area contributed by atoms with Crippen LogP contribution in [0, 0.1) is 0 Å². The predicted molar refractivity (Wildman–Crippen MR) is 62.8 cm³/mol. The highest BCUT2D eigenvalue weighted by atomic mass is 79.9. The molecule has 0 atom stereocenters. The average molecular weight is 311 g/mol. The van der Waals surface area contributed by atoms with Crippen LogP contribution in [0.15, 0.2) is 23.1 Å². The molecule has 0 saturated carbocycles. The second kappa shape index (κ2) is 6.20. The first-order chi connectivity index (χ1) is 7.51. The third kappa shape index (κ3) is 4.49. The molecule has 0 N–H and O–H groups in total. The Hall–Kier alpha value is -0.620. The smallest absolute Gasteiger partial charge is 0.387 e. The van der Waals surface area contributed by atoms with Crippen LogP contribution in [-0.4, -0.2) is 17.7 Å². The minimum absolute atomic E-state index is 0.0138. The monoisotopic (exact) mass is 310 g/mol. The maximum Gasteiger partial charge on any atom is 0.387 e. The van der Waals surface area contributed by atoms with Crippen LogP contribution < -0.4 is 4.74 Å². The molecule has 2 nitrogen and oxygen atoms in total. The van der Waals surface area contributed by atoms with Gasteiger partial charge < -0.3 is 4.74 Å². The number of rotatable bonds is 5. The standard InChI is InChI=1S/C10H9BrF2O2S/c11-5-7(14)1-6-2-8(15-10(12)13)4-9(16)3-6/h2-4,10,16H,1,5H2. The number of ketones is 1. The van der Waals surface area contributed by atoms with Crippen LogP contribution in [0.1, 0.15) is 5.56 Å². The summed E-state index contributed by atoms with van der Waals surface area (Å²) in [6, 6.07) is 4.42. The van der Waals surface area contributed by atoms with Crippen molar-refractivity contribution in [2.75, 3.05) is 5.33 Å². The van der Waals surface area contributed by atoms with Gasteiger partial charge in [0.15, 0.2) is 0 Å². The molecule has 6 heteroatoms. The van der Waals surface area contributed by atoms with Crippen molar-refractivity contribution in [2.24, 2.45) is 0 Å². The zero-order chi connectivity index (χ0) is 12.1. The molecule has 0 fully saturated rings. The summed E-state index contributed by atoms with van der Waals surface area (Å²) in [6.45, 7) is -2.88. The van der Waals surface area contributed by atoms with Gasteiger partial charge in [0.25, 0.3) is 0 Å². The fourth-order valence-corrected chi connectivity index (χ4v) is 1.68. The van der Waals surface area contributed by atoms with Gasteiger partial charge in [0.1, 0.15) is 11.5 Å². The Kier molecular flexibility index (Phi) is 5.21. The van der Waals surface area contributed by atoms with E-state index in [1.807, 2.05) is 0 Å². The van der Waals surface area contributed by atoms with Crippen molar-refractivity contribution in [1.29, 1.82) is 0 Å². The van der Waals surface area contributed by atoms with Gasteiger partial charge in [-0.15, -0.1) is 12.6 Å². The number of hydrogen-bond donors (Lipinski definition) is 1. The Morgan fingerprint density at radius 2 is 2.12 bits per heavy atom. The summed E-state index contributed by atoms with van der Waals surface area (Å²) in [5.74, 6) is -0.0261. The van der Waals surface area contributed by atoms with Crippen LogP contribution in [-0.2, 0) is 11.2 Å². The first-order valence-electron chi connectivity index (χ1n) is 4.36. The van der Waals surface area contributed by atoms with Crippen LogP contribution in [0.2, 0.25) is 0 Å². The van der Waals surface area contributed by atoms with Crippen LogP contribution in [0.4, 0.5) is 8.78 Å². The number of alkyl halides is 3. The summed E-state index contributed by atoms with van der Waals surface area (Å²) in [5, 5.41) is 0.231. The van der Waals surface area contributed by atoms with E-state index in [-0.39, 0.29) is 23.3 Å². The van der Waals surface area contributed by atoms with Gasteiger partial charge in [0.2, 0.25) is 0 Å². The summed E-state index contributed by atoms with van der Waals surface area (Å²) < 4.78 is 28.2. The SMILES string of the molecule is O=C(CBr)Cc1cc(S)cc(OC(F)F)c1. The maximum absolute atomic E-state index is 12.0. The van der Waals surface area contributed by atoms with Crippen molar-refractivity contribution in [3.8, 4) is 5.75 Å². The molecule has 0 amide bonds. The van der Waals surface area contributed by atoms with Crippen molar-refractivity contribution in [3.05, 3.63) is 23.8 Å². The zero-order valence-electron chi connectivity index (χ0n) is 8.12. The Bertz CT molecular complexity index is 385. The Balaban J connectivity index is 2.85. The number of carbonyl (C=O) groups is 1. The molecule has 0 unspecified atom stereocenters. The van der Waals surface area contributed by atoms with Gasteiger partial charge in [-0.2, -0.15) is 8.78 Å². The molecule has 0 radical (unpaired) electrons. The summed E-state index contributed by atoms with van der Waals surface area (Å²) in [5.41, 5.74) is 0.604. The second-order valence-corrected chi connectivity index (χ2v) is 4.14. The van der Waals surface area contributed by atoms with E-state index < -0.39 is 6.61 Å². The van der Waals surface area contributed by atoms with Gasteiger partial charge >= 0.3 is 6.61 Å². The van der Waals surface area contributed by atoms with Crippen molar-refractivity contribution >= 4 is 34.3 Å². The minimum atomic E-state index is -2.88. The third-order valence-electron chi connectivity index (χ3n) is 1.73. The fourth-order valence-electron chi connectivity index (χ4n) is 1.19. The molecule has 88 valence electrons. The number of carbonyl (C=O) groups excluding carboxylic acids is 1. The Morgan fingerprint density at radius 1 is 1.44 bits per heavy atom. The third-order valence-corrected chi connectivity index (χ3v) is 2.61. The topological polar surface area (TPSA) is 26.3 Å². The average Bonchev–Trinajstić information content (AvgIpc) is 2.15. The lowest BCUT2D eigenvalue weighted by molar-refractivity contribution is -0.115. The van der Waals surface area contributed by atoms with E-state index in [1.54, 1.807) is 6.07 Å². The molecular weight excluding hydrogens is 302 g/mol. The van der Waals surface area contributed by atoms with Gasteiger partial charge in [-0.25, -0.2) is 0 Å². The number of Topliss-reactive ketones (excluding diaryl/α,β-unsaturated/α-hetero) is 1. The highest BCUT2D eigenvalue weighted by Crippen LogP contribution is 2.22. The van der Waals surface area contributed by atoms with Crippen molar-refractivity contribution in [2.45, 2.75) is 17.9 Å². The first kappa shape index (κ1) is 13.4. The molecule has 0 bridgehead atoms. The number of thiol groups is 1. The van der Waals surface area contributed by atoms with Crippen LogP contribution >= 0.6 is 28.6 Å². The number of ether oxygens (including phenoxy) is 1. The lowest BCUT2D eigenvalue weighted by Crippen LogP contribution is -2.05. The van der Waals surface area contributed by atoms with Gasteiger partial charge in [-0.1, -0.05) is 15.9 Å². The van der Waals surface area contributed by atoms with Crippen molar-refractivity contribution < 1.29 is 18.3 Å². The first-order valence-corrected chi connectivity index (χ1v) is 5.93. The second-order valence-electron chi connectivity index (χ2n) is 3.06. The van der Waals surface area contributed by atoms with E-state index in [1.165, 1.54) is 12.1 Å². The summed E-state index contributed by atoms with van der Waals surface area (Å²) in [7, 11) is 0. The van der Waals surface area contributed by atoms with E-state index in [4.69, 9.17) is 0 Å². The number of hydrogen-bond acceptors (Lipinski definition) is 3. The zero-order valence-corrected chi connectivity index (χ0v) is 10.6. The van der Waals surface area contributed by atoms with Crippen LogP contribution in [0.3, 0.4) is 0 Å². The molecular formula is C10H9BrF2O2S. The van der Waals surface area contributed by atoms with E-state index >= 15 is 0 Å². The normalized spacial score (nSPS) is 10.6. The van der Waals surface area contributed by atoms with Crippen LogP contribution in [0.5, 0.6) is 5.75 Å². The van der Waals surface area contributed by atoms with Crippen molar-refractivity contribution in [3.63, 3.8) is 0 Å². The largest absolute Gasteiger partial charge is 0.435 e. The molecule has 1 rings (SSSR count). The van der Waals surface area contributed by atoms with Gasteiger partial charge in [0, 0.05) is 11.3 Å². The van der Waals surface area contributed by atoms with Gasteiger partial charge in [0.05, 0.1) is 5.33 Å². The molecule has 1 aromatic rings.